The van der Waals surface area contributed by atoms with Crippen molar-refractivity contribution in [3.8, 4) is 0 Å². The average molecular weight is 302 g/mol. The largest absolute Gasteiger partial charge is 0.750 e. The predicted molar refractivity (Wildman–Crippen MR) is 52.3 cm³/mol. The molecular weight excluding hydrogens is 296 g/mol. The molecule has 0 radical (unpaired) electrons. The Morgan fingerprint density at radius 2 is 1.17 bits per heavy atom. The third kappa shape index (κ3) is 9.33. The first kappa shape index (κ1) is 23.2. The van der Waals surface area contributed by atoms with Crippen molar-refractivity contribution < 1.29 is 22.5 Å². The Bertz CT molecular complexity index is 127. The second kappa shape index (κ2) is 12.2. The first-order chi connectivity index (χ1) is 3.79. The van der Waals surface area contributed by atoms with Crippen LogP contribution in [0.25, 0.3) is 0 Å². The first-order valence-electron chi connectivity index (χ1n) is 1.67. The lowest BCUT2D eigenvalue weighted by Gasteiger charge is -1.82. The molecule has 12 heavy (non-hydrogen) atoms. The van der Waals surface area contributed by atoms with E-state index in [9.17, 15) is 9.13 Å². The number of hydrogen-bond donors (Lipinski definition) is 0. The summed E-state index contributed by atoms with van der Waals surface area (Å²) < 4.78 is 32.7. The molecule has 1 saturated heterocycles. The van der Waals surface area contributed by atoms with Crippen molar-refractivity contribution in [2.75, 3.05) is 6.79 Å². The molecule has 0 aromatic rings. The molecule has 0 saturated carbocycles. The molecule has 76 valence electrons. The van der Waals surface area contributed by atoms with Crippen LogP contribution in [-0.4, -0.2) is 6.79 Å². The zero-order valence-electron chi connectivity index (χ0n) is 5.28. The van der Waals surface area contributed by atoms with Crippen molar-refractivity contribution in [1.29, 1.82) is 0 Å². The van der Waals surface area contributed by atoms with Gasteiger partial charge in [-0.2, -0.15) is 0 Å². The molecule has 2 atom stereocenters. The zero-order chi connectivity index (χ0) is 5.98. The normalized spacial score (nSPS) is 20.3. The fourth-order valence-electron chi connectivity index (χ4n) is 0.211. The molecule has 0 bridgehead atoms. The van der Waals surface area contributed by atoms with Crippen molar-refractivity contribution in [2.45, 2.75) is 0 Å². The van der Waals surface area contributed by atoms with Gasteiger partial charge in [0.2, 0.25) is 0 Å². The van der Waals surface area contributed by atoms with Crippen LogP contribution in [0.3, 0.4) is 0 Å². The zero-order valence-corrected chi connectivity index (χ0v) is 10.3. The quantitative estimate of drug-likeness (QED) is 0.644. The average Bonchev–Trinajstić information content (AvgIpc) is 1.64. The Hall–Kier alpha value is 1.24. The Balaban J connectivity index is -0.0000000800. The van der Waals surface area contributed by atoms with E-state index in [0.717, 1.165) is 0 Å². The summed E-state index contributed by atoms with van der Waals surface area (Å²) in [6, 6.07) is 0. The molecule has 11 heteroatoms. The molecule has 1 aliphatic rings. The number of rotatable bonds is 0. The van der Waals surface area contributed by atoms with Gasteiger partial charge in [0.25, 0.3) is 6.79 Å². The van der Waals surface area contributed by atoms with Crippen LogP contribution in [0.4, 0.5) is 0 Å². The van der Waals surface area contributed by atoms with Gasteiger partial charge in [-0.3, -0.25) is 0 Å². The van der Waals surface area contributed by atoms with E-state index >= 15 is 0 Å². The third-order valence-corrected chi connectivity index (χ3v) is 2.15. The highest BCUT2D eigenvalue weighted by Crippen LogP contribution is 2.44. The molecule has 1 aliphatic heterocycles. The van der Waals surface area contributed by atoms with E-state index in [2.05, 4.69) is 13.4 Å². The van der Waals surface area contributed by atoms with Gasteiger partial charge in [-0.05, 0) is 0 Å². The van der Waals surface area contributed by atoms with E-state index in [1.165, 1.54) is 0 Å². The van der Waals surface area contributed by atoms with Crippen LogP contribution < -0.4 is 0 Å². The standard InChI is InChI=1S/CH2O5P2.4ClH/c2-7-4-1-5-8(3)6-7;;;;/h1H2;4*1H/q+2;;;;. The van der Waals surface area contributed by atoms with E-state index in [-0.39, 0.29) is 56.4 Å². The van der Waals surface area contributed by atoms with Gasteiger partial charge in [0.15, 0.2) is 4.31 Å². The SMILES string of the molecule is Cl.Cl.Cl.Cl.O=[P+]1OCO[P+](=O)O1. The summed E-state index contributed by atoms with van der Waals surface area (Å²) in [5.41, 5.74) is 0. The van der Waals surface area contributed by atoms with E-state index in [0.29, 0.717) is 0 Å². The molecular formula is CH6Cl4O5P2+2. The molecule has 1 rings (SSSR count). The van der Waals surface area contributed by atoms with Crippen molar-refractivity contribution in [2.24, 2.45) is 0 Å². The summed E-state index contributed by atoms with van der Waals surface area (Å²) in [4.78, 5) is 0. The first-order valence-corrected chi connectivity index (χ1v) is 3.86. The topological polar surface area (TPSA) is 61.8 Å². The van der Waals surface area contributed by atoms with Crippen LogP contribution in [0.5, 0.6) is 0 Å². The maximum Gasteiger partial charge on any atom is 0.750 e. The maximum absolute atomic E-state index is 10.1. The van der Waals surface area contributed by atoms with Crippen molar-refractivity contribution in [3.63, 3.8) is 0 Å². The van der Waals surface area contributed by atoms with Gasteiger partial charge in [0.05, 0.1) is 0 Å². The van der Waals surface area contributed by atoms with Gasteiger partial charge in [-0.25, -0.2) is 0 Å². The molecule has 5 nitrogen and oxygen atoms in total. The van der Waals surface area contributed by atoms with E-state index < -0.39 is 16.5 Å². The summed E-state index contributed by atoms with van der Waals surface area (Å²) in [5, 5.41) is 0. The molecule has 2 unspecified atom stereocenters. The fraction of sp³-hybridized carbons (Fsp3) is 1.00. The van der Waals surface area contributed by atoms with Crippen LogP contribution in [0, 0.1) is 0 Å². The minimum absolute atomic E-state index is 0. The fourth-order valence-corrected chi connectivity index (χ4v) is 1.38. The van der Waals surface area contributed by atoms with Gasteiger partial charge in [-0.1, -0.05) is 9.05 Å². The van der Waals surface area contributed by atoms with Gasteiger partial charge >= 0.3 is 16.5 Å². The van der Waals surface area contributed by atoms with Crippen molar-refractivity contribution >= 4 is 66.1 Å². The summed E-state index contributed by atoms with van der Waals surface area (Å²) in [6.07, 6.45) is 0. The Morgan fingerprint density at radius 3 is 1.33 bits per heavy atom. The highest BCUT2D eigenvalue weighted by Gasteiger charge is 2.46. The lowest BCUT2D eigenvalue weighted by Crippen LogP contribution is -1.93. The summed E-state index contributed by atoms with van der Waals surface area (Å²) in [5.74, 6) is 0. The van der Waals surface area contributed by atoms with Crippen molar-refractivity contribution in [3.05, 3.63) is 0 Å². The van der Waals surface area contributed by atoms with Crippen LogP contribution in [-0.2, 0) is 22.5 Å². The molecule has 1 heterocycles. The minimum atomic E-state index is -2.19. The molecule has 0 N–H and O–H groups in total. The molecule has 1 fully saturated rings. The Labute approximate surface area is 95.4 Å². The molecule has 0 aromatic heterocycles. The van der Waals surface area contributed by atoms with Gasteiger partial charge < -0.3 is 0 Å². The van der Waals surface area contributed by atoms with Crippen LogP contribution in [0.15, 0.2) is 0 Å². The summed E-state index contributed by atoms with van der Waals surface area (Å²) in [7, 11) is -4.38. The number of halogens is 4. The minimum Gasteiger partial charge on any atom is -0.147 e. The molecule has 0 aromatic carbocycles. The summed E-state index contributed by atoms with van der Waals surface area (Å²) in [6.45, 7) is -0.218. The van der Waals surface area contributed by atoms with Crippen LogP contribution in [0.1, 0.15) is 0 Å². The van der Waals surface area contributed by atoms with E-state index in [4.69, 9.17) is 0 Å². The highest BCUT2D eigenvalue weighted by atomic mass is 35.5. The summed E-state index contributed by atoms with van der Waals surface area (Å²) >= 11 is 0. The maximum atomic E-state index is 10.1. The van der Waals surface area contributed by atoms with E-state index in [1.54, 1.807) is 0 Å². The van der Waals surface area contributed by atoms with E-state index in [1.807, 2.05) is 0 Å². The van der Waals surface area contributed by atoms with Gasteiger partial charge in [-0.15, -0.1) is 49.6 Å². The Morgan fingerprint density at radius 1 is 0.833 bits per heavy atom. The Kier molecular flexibility index (Phi) is 23.7. The van der Waals surface area contributed by atoms with Crippen molar-refractivity contribution in [1.82, 2.24) is 0 Å². The second-order valence-electron chi connectivity index (χ2n) is 0.905. The van der Waals surface area contributed by atoms with Gasteiger partial charge in [0, 0.05) is 9.13 Å². The van der Waals surface area contributed by atoms with Gasteiger partial charge in [0.1, 0.15) is 0 Å². The van der Waals surface area contributed by atoms with Crippen LogP contribution >= 0.6 is 66.1 Å². The lowest BCUT2D eigenvalue weighted by molar-refractivity contribution is 0.0870. The molecule has 0 spiro atoms. The lowest BCUT2D eigenvalue weighted by atomic mass is 11.6. The predicted octanol–water partition coefficient (Wildman–Crippen LogP) is 3.01. The third-order valence-electron chi connectivity index (χ3n) is 0.450. The monoisotopic (exact) mass is 300 g/mol. The second-order valence-corrected chi connectivity index (χ2v) is 2.97. The van der Waals surface area contributed by atoms with Crippen LogP contribution in [0.2, 0.25) is 0 Å². The molecule has 0 aliphatic carbocycles. The smallest absolute Gasteiger partial charge is 0.147 e. The molecule has 0 amide bonds. The highest BCUT2D eigenvalue weighted by molar-refractivity contribution is 7.48. The number of hydrogen-bond acceptors (Lipinski definition) is 5.